The number of para-hydroxylation sites is 1. The maximum absolute atomic E-state index is 11.8. The van der Waals surface area contributed by atoms with E-state index < -0.39 is 0 Å². The average molecular weight is 247 g/mol. The molecule has 1 aliphatic rings. The topological polar surface area (TPSA) is 44.4 Å². The summed E-state index contributed by atoms with van der Waals surface area (Å²) in [6.45, 7) is 2.47. The largest absolute Gasteiger partial charge is 0.373 e. The van der Waals surface area contributed by atoms with Crippen LogP contribution in [0, 0.1) is 0 Å². The van der Waals surface area contributed by atoms with E-state index in [-0.39, 0.29) is 11.9 Å². The molecule has 4 nitrogen and oxygen atoms in total. The van der Waals surface area contributed by atoms with Gasteiger partial charge in [-0.05, 0) is 31.5 Å². The van der Waals surface area contributed by atoms with Crippen molar-refractivity contribution in [3.63, 3.8) is 0 Å². The van der Waals surface area contributed by atoms with Crippen molar-refractivity contribution in [3.05, 3.63) is 30.3 Å². The maximum atomic E-state index is 11.8. The highest BCUT2D eigenvalue weighted by Gasteiger charge is 2.21. The number of anilines is 1. The Morgan fingerprint density at radius 1 is 1.44 bits per heavy atom. The number of amides is 1. The predicted molar refractivity (Wildman–Crippen MR) is 73.7 cm³/mol. The fourth-order valence-corrected chi connectivity index (χ4v) is 2.19. The molecule has 2 rings (SSSR count). The summed E-state index contributed by atoms with van der Waals surface area (Å²) < 4.78 is 0. The lowest BCUT2D eigenvalue weighted by Crippen LogP contribution is -2.43. The third kappa shape index (κ3) is 3.47. The fraction of sp³-hybridized carbons (Fsp3) is 0.500. The van der Waals surface area contributed by atoms with Gasteiger partial charge in [-0.1, -0.05) is 18.2 Å². The van der Waals surface area contributed by atoms with Crippen LogP contribution in [0.4, 0.5) is 5.69 Å². The van der Waals surface area contributed by atoms with Crippen LogP contribution in [0.5, 0.6) is 0 Å². The molecule has 1 saturated heterocycles. The molecular formula is C14H21N3O. The van der Waals surface area contributed by atoms with Crippen molar-refractivity contribution in [1.29, 1.82) is 0 Å². The van der Waals surface area contributed by atoms with Crippen molar-refractivity contribution < 1.29 is 4.79 Å². The SMILES string of the molecule is CN(CCNC(=O)C1CCCN1)c1ccccc1. The van der Waals surface area contributed by atoms with E-state index in [4.69, 9.17) is 0 Å². The number of nitrogens with one attached hydrogen (secondary N) is 2. The molecule has 1 aromatic rings. The Kier molecular flexibility index (Phi) is 4.59. The van der Waals surface area contributed by atoms with Gasteiger partial charge in [0.1, 0.15) is 0 Å². The zero-order valence-corrected chi connectivity index (χ0v) is 10.9. The van der Waals surface area contributed by atoms with Gasteiger partial charge in [-0.2, -0.15) is 0 Å². The smallest absolute Gasteiger partial charge is 0.237 e. The standard InChI is InChI=1S/C14H21N3O/c1-17(12-6-3-2-4-7-12)11-10-16-14(18)13-8-5-9-15-13/h2-4,6-7,13,15H,5,8-11H2,1H3,(H,16,18). The zero-order chi connectivity index (χ0) is 12.8. The fourth-order valence-electron chi connectivity index (χ4n) is 2.19. The molecule has 98 valence electrons. The normalized spacial score (nSPS) is 18.6. The van der Waals surface area contributed by atoms with Crippen LogP contribution in [0.2, 0.25) is 0 Å². The first-order valence-electron chi connectivity index (χ1n) is 6.54. The van der Waals surface area contributed by atoms with Crippen molar-refractivity contribution in [2.24, 2.45) is 0 Å². The summed E-state index contributed by atoms with van der Waals surface area (Å²) in [5, 5.41) is 6.18. The minimum Gasteiger partial charge on any atom is -0.373 e. The van der Waals surface area contributed by atoms with E-state index in [1.54, 1.807) is 0 Å². The van der Waals surface area contributed by atoms with Gasteiger partial charge in [0.15, 0.2) is 0 Å². The van der Waals surface area contributed by atoms with Gasteiger partial charge in [0, 0.05) is 25.8 Å². The van der Waals surface area contributed by atoms with E-state index in [1.165, 1.54) is 5.69 Å². The number of hydrogen-bond acceptors (Lipinski definition) is 3. The molecule has 0 saturated carbocycles. The molecule has 1 heterocycles. The van der Waals surface area contributed by atoms with E-state index >= 15 is 0 Å². The first-order valence-corrected chi connectivity index (χ1v) is 6.54. The number of rotatable bonds is 5. The van der Waals surface area contributed by atoms with E-state index in [0.717, 1.165) is 25.9 Å². The minimum atomic E-state index is 0.0204. The van der Waals surface area contributed by atoms with E-state index in [1.807, 2.05) is 25.2 Å². The lowest BCUT2D eigenvalue weighted by molar-refractivity contribution is -0.122. The maximum Gasteiger partial charge on any atom is 0.237 e. The van der Waals surface area contributed by atoms with Gasteiger partial charge in [0.25, 0.3) is 0 Å². The summed E-state index contributed by atoms with van der Waals surface area (Å²) in [5.74, 6) is 0.133. The van der Waals surface area contributed by atoms with Gasteiger partial charge in [0.2, 0.25) is 5.91 Å². The first kappa shape index (κ1) is 12.9. The van der Waals surface area contributed by atoms with Gasteiger partial charge in [-0.25, -0.2) is 0 Å². The third-order valence-corrected chi connectivity index (χ3v) is 3.32. The highest BCUT2D eigenvalue weighted by molar-refractivity contribution is 5.82. The Morgan fingerprint density at radius 3 is 2.89 bits per heavy atom. The summed E-state index contributed by atoms with van der Waals surface area (Å²) in [5.41, 5.74) is 1.17. The number of carbonyl (C=O) groups excluding carboxylic acids is 1. The minimum absolute atomic E-state index is 0.0204. The molecule has 0 aromatic heterocycles. The van der Waals surface area contributed by atoms with Crippen LogP contribution in [-0.2, 0) is 4.79 Å². The van der Waals surface area contributed by atoms with E-state index in [0.29, 0.717) is 6.54 Å². The van der Waals surface area contributed by atoms with Crippen LogP contribution in [-0.4, -0.2) is 38.6 Å². The highest BCUT2D eigenvalue weighted by Crippen LogP contribution is 2.09. The molecule has 2 N–H and O–H groups in total. The molecule has 0 aliphatic carbocycles. The van der Waals surface area contributed by atoms with E-state index in [9.17, 15) is 4.79 Å². The Morgan fingerprint density at radius 2 is 2.22 bits per heavy atom. The van der Waals surface area contributed by atoms with Crippen molar-refractivity contribution in [2.75, 3.05) is 31.6 Å². The Bertz CT molecular complexity index is 374. The summed E-state index contributed by atoms with van der Waals surface area (Å²) in [7, 11) is 2.04. The first-order chi connectivity index (χ1) is 8.77. The van der Waals surface area contributed by atoms with Crippen LogP contribution in [0.1, 0.15) is 12.8 Å². The predicted octanol–water partition coefficient (Wildman–Crippen LogP) is 0.991. The van der Waals surface area contributed by atoms with Gasteiger partial charge in [-0.15, -0.1) is 0 Å². The lowest BCUT2D eigenvalue weighted by atomic mass is 10.2. The zero-order valence-electron chi connectivity index (χ0n) is 10.9. The summed E-state index contributed by atoms with van der Waals surface area (Å²) >= 11 is 0. The van der Waals surface area contributed by atoms with Crippen molar-refractivity contribution in [1.82, 2.24) is 10.6 Å². The molecule has 1 atom stereocenters. The monoisotopic (exact) mass is 247 g/mol. The van der Waals surface area contributed by atoms with Crippen LogP contribution < -0.4 is 15.5 Å². The summed E-state index contributed by atoms with van der Waals surface area (Å²) in [4.78, 5) is 13.9. The molecule has 1 aliphatic heterocycles. The van der Waals surface area contributed by atoms with Crippen LogP contribution in [0.25, 0.3) is 0 Å². The second kappa shape index (κ2) is 6.40. The second-order valence-corrected chi connectivity index (χ2v) is 4.70. The second-order valence-electron chi connectivity index (χ2n) is 4.70. The van der Waals surface area contributed by atoms with Gasteiger partial charge in [0.05, 0.1) is 6.04 Å². The molecule has 0 radical (unpaired) electrons. The third-order valence-electron chi connectivity index (χ3n) is 3.32. The molecule has 0 bridgehead atoms. The quantitative estimate of drug-likeness (QED) is 0.815. The van der Waals surface area contributed by atoms with Crippen molar-refractivity contribution in [3.8, 4) is 0 Å². The molecule has 1 fully saturated rings. The number of benzene rings is 1. The Hall–Kier alpha value is -1.55. The lowest BCUT2D eigenvalue weighted by Gasteiger charge is -2.20. The Labute approximate surface area is 108 Å². The van der Waals surface area contributed by atoms with Crippen LogP contribution in [0.15, 0.2) is 30.3 Å². The van der Waals surface area contributed by atoms with Crippen molar-refractivity contribution in [2.45, 2.75) is 18.9 Å². The molecule has 1 unspecified atom stereocenters. The van der Waals surface area contributed by atoms with Gasteiger partial charge >= 0.3 is 0 Å². The average Bonchev–Trinajstić information content (AvgIpc) is 2.93. The molecule has 18 heavy (non-hydrogen) atoms. The van der Waals surface area contributed by atoms with E-state index in [2.05, 4.69) is 27.7 Å². The molecule has 0 spiro atoms. The number of carbonyl (C=O) groups is 1. The molecule has 1 aromatic carbocycles. The van der Waals surface area contributed by atoms with Gasteiger partial charge < -0.3 is 15.5 Å². The van der Waals surface area contributed by atoms with Crippen molar-refractivity contribution >= 4 is 11.6 Å². The summed E-state index contributed by atoms with van der Waals surface area (Å²) in [6.07, 6.45) is 2.06. The number of nitrogens with zero attached hydrogens (tertiary/aromatic N) is 1. The Balaban J connectivity index is 1.70. The number of hydrogen-bond donors (Lipinski definition) is 2. The highest BCUT2D eigenvalue weighted by atomic mass is 16.2. The summed E-state index contributed by atoms with van der Waals surface area (Å²) in [6, 6.07) is 10.2. The number of likely N-dealkylation sites (N-methyl/N-ethyl adjacent to an activating group) is 1. The van der Waals surface area contributed by atoms with Gasteiger partial charge in [-0.3, -0.25) is 4.79 Å². The molecule has 4 heteroatoms. The molecular weight excluding hydrogens is 226 g/mol. The molecule has 1 amide bonds. The van der Waals surface area contributed by atoms with Crippen LogP contribution in [0.3, 0.4) is 0 Å². The van der Waals surface area contributed by atoms with Crippen LogP contribution >= 0.6 is 0 Å².